The van der Waals surface area contributed by atoms with E-state index in [0.717, 1.165) is 12.1 Å². The molecule has 0 unspecified atom stereocenters. The molecule has 3 aromatic rings. The smallest absolute Gasteiger partial charge is 0.239 e. The van der Waals surface area contributed by atoms with Crippen molar-refractivity contribution in [3.8, 4) is 40.1 Å². The molecule has 1 aliphatic heterocycles. The Bertz CT molecular complexity index is 1220. The summed E-state index contributed by atoms with van der Waals surface area (Å²) in [6.45, 7) is -0.372. The normalized spacial score (nSPS) is 23.2. The van der Waals surface area contributed by atoms with E-state index >= 15 is 0 Å². The van der Waals surface area contributed by atoms with Gasteiger partial charge >= 0.3 is 0 Å². The second-order valence-corrected chi connectivity index (χ2v) is 7.18. The quantitative estimate of drug-likeness (QED) is 0.325. The summed E-state index contributed by atoms with van der Waals surface area (Å²) >= 11 is 0. The number of methoxy groups -OCH3 is 1. The molecule has 0 radical (unpaired) electrons. The van der Waals surface area contributed by atoms with Gasteiger partial charge in [0.05, 0.1) is 13.7 Å². The average molecular weight is 448 g/mol. The maximum absolute atomic E-state index is 13.2. The minimum Gasteiger partial charge on any atom is -0.508 e. The van der Waals surface area contributed by atoms with E-state index in [2.05, 4.69) is 0 Å². The van der Waals surface area contributed by atoms with E-state index in [1.54, 1.807) is 0 Å². The summed E-state index contributed by atoms with van der Waals surface area (Å²) in [5.74, 6) is -1.73. The van der Waals surface area contributed by atoms with Gasteiger partial charge in [-0.05, 0) is 18.2 Å². The number of ether oxygens (including phenoxy) is 3. The molecule has 11 nitrogen and oxygen atoms in total. The molecule has 4 atom stereocenters. The highest BCUT2D eigenvalue weighted by Gasteiger charge is 2.40. The molecule has 2 heterocycles. The van der Waals surface area contributed by atoms with Crippen molar-refractivity contribution in [3.63, 3.8) is 0 Å². The zero-order valence-corrected chi connectivity index (χ0v) is 16.6. The highest BCUT2D eigenvalue weighted by atomic mass is 16.7. The Balaban J connectivity index is 1.92. The van der Waals surface area contributed by atoms with Crippen molar-refractivity contribution in [1.29, 1.82) is 0 Å². The van der Waals surface area contributed by atoms with E-state index in [1.165, 1.54) is 25.3 Å². The lowest BCUT2D eigenvalue weighted by atomic mass is 10.1. The van der Waals surface area contributed by atoms with Gasteiger partial charge in [-0.3, -0.25) is 4.79 Å². The number of aliphatic hydroxyl groups is 3. The number of benzene rings is 2. The van der Waals surface area contributed by atoms with Crippen LogP contribution >= 0.6 is 0 Å². The summed E-state index contributed by atoms with van der Waals surface area (Å²) in [5.41, 5.74) is -0.813. The molecule has 0 aliphatic carbocycles. The summed E-state index contributed by atoms with van der Waals surface area (Å²) in [4.78, 5) is 13.2. The molecule has 1 aliphatic rings. The standard InChI is InChI=1S/C21H20O11/c1-29-13-4-8(2-3-10(13)23)19-20(32-21-18(28)16(26)12(25)7-30-21)17(27)15-11(24)5-9(22)6-14(15)31-19/h2-6,12,16,18,21-26,28H,7H2,1H3/t12-,16+,18+,21+/m1/s1. The van der Waals surface area contributed by atoms with Gasteiger partial charge in [-0.15, -0.1) is 0 Å². The Kier molecular flexibility index (Phi) is 5.57. The predicted octanol–water partition coefficient (Wildman–Crippen LogP) is 0.403. The van der Waals surface area contributed by atoms with Crippen molar-refractivity contribution in [2.45, 2.75) is 24.6 Å². The first-order valence-corrected chi connectivity index (χ1v) is 9.44. The summed E-state index contributed by atoms with van der Waals surface area (Å²) < 4.78 is 21.6. The van der Waals surface area contributed by atoms with Crippen LogP contribution in [-0.4, -0.2) is 69.0 Å². The third-order valence-corrected chi connectivity index (χ3v) is 5.05. The van der Waals surface area contributed by atoms with Gasteiger partial charge in [0.15, 0.2) is 17.3 Å². The predicted molar refractivity (Wildman–Crippen MR) is 108 cm³/mol. The fourth-order valence-corrected chi connectivity index (χ4v) is 3.38. The Morgan fingerprint density at radius 3 is 2.47 bits per heavy atom. The molecule has 32 heavy (non-hydrogen) atoms. The van der Waals surface area contributed by atoms with Gasteiger partial charge in [-0.2, -0.15) is 0 Å². The van der Waals surface area contributed by atoms with E-state index < -0.39 is 41.5 Å². The van der Waals surface area contributed by atoms with Gasteiger partial charge in [0.25, 0.3) is 0 Å². The lowest BCUT2D eigenvalue weighted by Gasteiger charge is -2.34. The molecular weight excluding hydrogens is 428 g/mol. The summed E-state index contributed by atoms with van der Waals surface area (Å²) in [7, 11) is 1.32. The van der Waals surface area contributed by atoms with Crippen molar-refractivity contribution in [2.75, 3.05) is 13.7 Å². The Morgan fingerprint density at radius 1 is 1.00 bits per heavy atom. The van der Waals surface area contributed by atoms with E-state index in [0.29, 0.717) is 0 Å². The third kappa shape index (κ3) is 3.67. The number of phenolic OH excluding ortho intramolecular Hbond substituents is 3. The second kappa shape index (κ2) is 8.20. The van der Waals surface area contributed by atoms with Gasteiger partial charge < -0.3 is 49.3 Å². The molecule has 1 fully saturated rings. The van der Waals surface area contributed by atoms with Crippen LogP contribution in [0, 0.1) is 0 Å². The summed E-state index contributed by atoms with van der Waals surface area (Å²) in [6.07, 6.45) is -6.20. The van der Waals surface area contributed by atoms with Crippen LogP contribution in [0.5, 0.6) is 28.7 Å². The highest BCUT2D eigenvalue weighted by molar-refractivity contribution is 5.88. The van der Waals surface area contributed by atoms with Crippen LogP contribution in [0.25, 0.3) is 22.3 Å². The molecule has 1 aromatic heterocycles. The van der Waals surface area contributed by atoms with Crippen molar-refractivity contribution in [2.24, 2.45) is 0 Å². The minimum absolute atomic E-state index is 0.0578. The average Bonchev–Trinajstić information content (AvgIpc) is 2.75. The zero-order valence-electron chi connectivity index (χ0n) is 16.6. The summed E-state index contributed by atoms with van der Waals surface area (Å²) in [6, 6.07) is 6.10. The lowest BCUT2D eigenvalue weighted by molar-refractivity contribution is -0.242. The van der Waals surface area contributed by atoms with Gasteiger partial charge in [0, 0.05) is 17.7 Å². The molecule has 11 heteroatoms. The maximum atomic E-state index is 13.2. The molecule has 2 aromatic carbocycles. The second-order valence-electron chi connectivity index (χ2n) is 7.18. The van der Waals surface area contributed by atoms with Gasteiger partial charge in [0.1, 0.15) is 40.8 Å². The van der Waals surface area contributed by atoms with Crippen LogP contribution in [0.2, 0.25) is 0 Å². The molecule has 1 saturated heterocycles. The van der Waals surface area contributed by atoms with E-state index in [1.807, 2.05) is 0 Å². The van der Waals surface area contributed by atoms with Gasteiger partial charge in [0.2, 0.25) is 17.5 Å². The van der Waals surface area contributed by atoms with Gasteiger partial charge in [-0.1, -0.05) is 0 Å². The molecule has 170 valence electrons. The molecule has 4 rings (SSSR count). The highest BCUT2D eigenvalue weighted by Crippen LogP contribution is 2.39. The SMILES string of the molecule is COc1cc(-c2oc3cc(O)cc(O)c3c(=O)c2O[C@@H]2OC[C@@H](O)[C@H](O)[C@@H]2O)ccc1O. The van der Waals surface area contributed by atoms with Crippen LogP contribution in [0.1, 0.15) is 0 Å². The Labute approximate surface area is 179 Å². The summed E-state index contributed by atoms with van der Waals surface area (Å²) in [5, 5.41) is 59.3. The zero-order chi connectivity index (χ0) is 23.2. The number of aromatic hydroxyl groups is 3. The fraction of sp³-hybridized carbons (Fsp3) is 0.286. The number of rotatable bonds is 4. The third-order valence-electron chi connectivity index (χ3n) is 5.05. The molecule has 0 spiro atoms. The molecule has 6 N–H and O–H groups in total. The first kappa shape index (κ1) is 21.7. The molecule has 0 amide bonds. The number of hydrogen-bond donors (Lipinski definition) is 6. The van der Waals surface area contributed by atoms with Crippen molar-refractivity contribution in [3.05, 3.63) is 40.6 Å². The number of hydrogen-bond acceptors (Lipinski definition) is 11. The van der Waals surface area contributed by atoms with E-state index in [9.17, 15) is 35.4 Å². The van der Waals surface area contributed by atoms with Crippen LogP contribution in [0.4, 0.5) is 0 Å². The Morgan fingerprint density at radius 2 is 1.75 bits per heavy atom. The van der Waals surface area contributed by atoms with Crippen LogP contribution in [-0.2, 0) is 4.74 Å². The number of phenols is 3. The van der Waals surface area contributed by atoms with E-state index in [-0.39, 0.29) is 46.1 Å². The van der Waals surface area contributed by atoms with Crippen molar-refractivity contribution in [1.82, 2.24) is 0 Å². The minimum atomic E-state index is -1.70. The molecule has 0 saturated carbocycles. The van der Waals surface area contributed by atoms with Gasteiger partial charge in [-0.25, -0.2) is 0 Å². The largest absolute Gasteiger partial charge is 0.508 e. The first-order chi connectivity index (χ1) is 15.2. The van der Waals surface area contributed by atoms with E-state index in [4.69, 9.17) is 18.6 Å². The number of fused-ring (bicyclic) bond motifs is 1. The monoisotopic (exact) mass is 448 g/mol. The lowest BCUT2D eigenvalue weighted by Crippen LogP contribution is -2.55. The topological polar surface area (TPSA) is 179 Å². The maximum Gasteiger partial charge on any atom is 0.239 e. The van der Waals surface area contributed by atoms with Crippen molar-refractivity contribution < 1.29 is 49.3 Å². The van der Waals surface area contributed by atoms with Crippen LogP contribution in [0.15, 0.2) is 39.5 Å². The van der Waals surface area contributed by atoms with Crippen LogP contribution < -0.4 is 14.9 Å². The molecule has 0 bridgehead atoms. The number of aliphatic hydroxyl groups excluding tert-OH is 3. The van der Waals surface area contributed by atoms with Crippen LogP contribution in [0.3, 0.4) is 0 Å². The Hall–Kier alpha value is -3.51. The first-order valence-electron chi connectivity index (χ1n) is 9.44. The van der Waals surface area contributed by atoms with Crippen molar-refractivity contribution >= 4 is 11.0 Å². The fourth-order valence-electron chi connectivity index (χ4n) is 3.38. The molecular formula is C21H20O11.